The molecule has 0 bridgehead atoms. The molecule has 24 heavy (non-hydrogen) atoms. The van der Waals surface area contributed by atoms with E-state index in [0.29, 0.717) is 5.02 Å². The van der Waals surface area contributed by atoms with Crippen LogP contribution in [0.15, 0.2) is 47.5 Å². The normalized spacial score (nSPS) is 17.6. The van der Waals surface area contributed by atoms with E-state index in [2.05, 4.69) is 4.99 Å². The first-order valence-corrected chi connectivity index (χ1v) is 7.09. The second-order valence-electron chi connectivity index (χ2n) is 5.04. The molecule has 1 N–H and O–H groups in total. The Kier molecular flexibility index (Phi) is 3.96. The smallest absolute Gasteiger partial charge is 0.416 e. The van der Waals surface area contributed by atoms with Crippen LogP contribution in [0.25, 0.3) is 0 Å². The predicted molar refractivity (Wildman–Crippen MR) is 79.9 cm³/mol. The van der Waals surface area contributed by atoms with Crippen LogP contribution in [-0.4, -0.2) is 17.0 Å². The van der Waals surface area contributed by atoms with Crippen molar-refractivity contribution in [2.45, 2.75) is 12.2 Å². The number of carbonyl (C=O) groups excluding carboxylic acids is 1. The molecule has 3 rings (SSSR count). The molecule has 124 valence electrons. The quantitative estimate of drug-likeness (QED) is 0.825. The molecule has 0 amide bonds. The van der Waals surface area contributed by atoms with E-state index in [1.165, 1.54) is 30.3 Å². The van der Waals surface area contributed by atoms with E-state index in [4.69, 9.17) is 16.3 Å². The Balaban J connectivity index is 1.93. The van der Waals surface area contributed by atoms with Gasteiger partial charge in [0, 0.05) is 5.02 Å². The SMILES string of the molecule is O=C1OC(c2cc(Cl)ccc2O)=NC1c1ccc(C(F)(F)F)cc1. The van der Waals surface area contributed by atoms with E-state index in [9.17, 15) is 23.1 Å². The molecule has 0 spiro atoms. The number of aromatic hydroxyl groups is 1. The Hall–Kier alpha value is -2.54. The van der Waals surface area contributed by atoms with Crippen LogP contribution in [0.4, 0.5) is 13.2 Å². The van der Waals surface area contributed by atoms with E-state index in [1.54, 1.807) is 0 Å². The molecule has 0 saturated heterocycles. The van der Waals surface area contributed by atoms with Gasteiger partial charge in [-0.3, -0.25) is 0 Å². The molecule has 8 heteroatoms. The predicted octanol–water partition coefficient (Wildman–Crippen LogP) is 4.11. The average molecular weight is 356 g/mol. The van der Waals surface area contributed by atoms with Gasteiger partial charge in [0.2, 0.25) is 5.90 Å². The number of carbonyl (C=O) groups is 1. The Bertz CT molecular complexity index is 831. The number of hydrogen-bond acceptors (Lipinski definition) is 4. The van der Waals surface area contributed by atoms with Gasteiger partial charge in [-0.1, -0.05) is 23.7 Å². The lowest BCUT2D eigenvalue weighted by atomic mass is 10.1. The molecule has 1 heterocycles. The number of phenols is 1. The van der Waals surface area contributed by atoms with E-state index in [-0.39, 0.29) is 22.8 Å². The summed E-state index contributed by atoms with van der Waals surface area (Å²) in [7, 11) is 0. The third-order valence-electron chi connectivity index (χ3n) is 3.41. The monoisotopic (exact) mass is 355 g/mol. The maximum atomic E-state index is 12.6. The minimum absolute atomic E-state index is 0.130. The van der Waals surface area contributed by atoms with Gasteiger partial charge in [-0.05, 0) is 35.9 Å². The van der Waals surface area contributed by atoms with Crippen molar-refractivity contribution >= 4 is 23.5 Å². The number of nitrogens with zero attached hydrogens (tertiary/aromatic N) is 1. The van der Waals surface area contributed by atoms with E-state index in [1.807, 2.05) is 0 Å². The highest BCUT2D eigenvalue weighted by Crippen LogP contribution is 2.33. The second-order valence-corrected chi connectivity index (χ2v) is 5.48. The van der Waals surface area contributed by atoms with Crippen molar-refractivity contribution < 1.29 is 27.8 Å². The van der Waals surface area contributed by atoms with Crippen molar-refractivity contribution in [2.24, 2.45) is 4.99 Å². The Labute approximate surface area is 139 Å². The first kappa shape index (κ1) is 16.3. The van der Waals surface area contributed by atoms with Crippen LogP contribution in [0.3, 0.4) is 0 Å². The molecule has 2 aromatic rings. The molecule has 0 radical (unpaired) electrons. The third-order valence-corrected chi connectivity index (χ3v) is 3.64. The summed E-state index contributed by atoms with van der Waals surface area (Å²) in [6.45, 7) is 0. The van der Waals surface area contributed by atoms with Crippen molar-refractivity contribution in [3.63, 3.8) is 0 Å². The molecule has 0 aliphatic carbocycles. The molecule has 1 atom stereocenters. The minimum atomic E-state index is -4.46. The van der Waals surface area contributed by atoms with Crippen LogP contribution in [0.5, 0.6) is 5.75 Å². The minimum Gasteiger partial charge on any atom is -0.507 e. The number of phenolic OH excluding ortho intramolecular Hbond substituents is 1. The number of cyclic esters (lactones) is 1. The van der Waals surface area contributed by atoms with Gasteiger partial charge in [-0.15, -0.1) is 0 Å². The number of halogens is 4. The first-order valence-electron chi connectivity index (χ1n) is 6.71. The first-order chi connectivity index (χ1) is 11.3. The topological polar surface area (TPSA) is 58.9 Å². The fourth-order valence-electron chi connectivity index (χ4n) is 2.22. The van der Waals surface area contributed by atoms with Crippen LogP contribution >= 0.6 is 11.6 Å². The van der Waals surface area contributed by atoms with Crippen LogP contribution in [0, 0.1) is 0 Å². The van der Waals surface area contributed by atoms with E-state index >= 15 is 0 Å². The highest BCUT2D eigenvalue weighted by molar-refractivity contribution is 6.31. The number of alkyl halides is 3. The zero-order valence-electron chi connectivity index (χ0n) is 11.8. The van der Waals surface area contributed by atoms with Gasteiger partial charge in [0.25, 0.3) is 0 Å². The van der Waals surface area contributed by atoms with Crippen molar-refractivity contribution in [1.29, 1.82) is 0 Å². The number of esters is 1. The second kappa shape index (κ2) is 5.83. The van der Waals surface area contributed by atoms with Gasteiger partial charge in [-0.2, -0.15) is 13.2 Å². The highest BCUT2D eigenvalue weighted by Gasteiger charge is 2.34. The zero-order valence-corrected chi connectivity index (χ0v) is 12.6. The van der Waals surface area contributed by atoms with Gasteiger partial charge in [0.15, 0.2) is 6.04 Å². The molecule has 1 unspecified atom stereocenters. The fourth-order valence-corrected chi connectivity index (χ4v) is 2.39. The van der Waals surface area contributed by atoms with Crippen LogP contribution in [-0.2, 0) is 15.7 Å². The van der Waals surface area contributed by atoms with Crippen molar-refractivity contribution in [3.8, 4) is 5.75 Å². The summed E-state index contributed by atoms with van der Waals surface area (Å²) in [6, 6.07) is 7.11. The lowest BCUT2D eigenvalue weighted by Crippen LogP contribution is -2.10. The number of ether oxygens (including phenoxy) is 1. The van der Waals surface area contributed by atoms with Crippen LogP contribution in [0.2, 0.25) is 5.02 Å². The standard InChI is InChI=1S/C16H9ClF3NO3/c17-10-5-6-12(22)11(7-10)14-21-13(15(23)24-14)8-1-3-9(4-2-8)16(18,19)20/h1-7,13,22H. The fraction of sp³-hybridized carbons (Fsp3) is 0.125. The molecule has 4 nitrogen and oxygen atoms in total. The van der Waals surface area contributed by atoms with Crippen LogP contribution in [0.1, 0.15) is 22.7 Å². The van der Waals surface area contributed by atoms with Gasteiger partial charge in [0.1, 0.15) is 5.75 Å². The Morgan fingerprint density at radius 1 is 1.12 bits per heavy atom. The summed E-state index contributed by atoms with van der Waals surface area (Å²) in [5.41, 5.74) is -0.441. The lowest BCUT2D eigenvalue weighted by Gasteiger charge is -2.08. The van der Waals surface area contributed by atoms with Gasteiger partial charge in [0.05, 0.1) is 11.1 Å². The summed E-state index contributed by atoms with van der Waals surface area (Å²) >= 11 is 5.83. The molecule has 0 fully saturated rings. The average Bonchev–Trinajstić information content (AvgIpc) is 2.91. The number of benzene rings is 2. The van der Waals surface area contributed by atoms with Gasteiger partial charge < -0.3 is 9.84 Å². The lowest BCUT2D eigenvalue weighted by molar-refractivity contribution is -0.137. The maximum Gasteiger partial charge on any atom is 0.416 e. The third kappa shape index (κ3) is 3.07. The highest BCUT2D eigenvalue weighted by atomic mass is 35.5. The Morgan fingerprint density at radius 3 is 2.42 bits per heavy atom. The molecule has 0 saturated carbocycles. The Morgan fingerprint density at radius 2 is 1.79 bits per heavy atom. The molecular formula is C16H9ClF3NO3. The molecule has 1 aliphatic heterocycles. The summed E-state index contributed by atoms with van der Waals surface area (Å²) in [6.07, 6.45) is -4.46. The van der Waals surface area contributed by atoms with Gasteiger partial charge >= 0.3 is 12.1 Å². The maximum absolute atomic E-state index is 12.6. The summed E-state index contributed by atoms with van der Waals surface area (Å²) < 4.78 is 42.8. The summed E-state index contributed by atoms with van der Waals surface area (Å²) in [4.78, 5) is 16.0. The van der Waals surface area contributed by atoms with E-state index < -0.39 is 23.8 Å². The van der Waals surface area contributed by atoms with Crippen molar-refractivity contribution in [1.82, 2.24) is 0 Å². The number of hydrogen-bond donors (Lipinski definition) is 1. The summed E-state index contributed by atoms with van der Waals surface area (Å²) in [5.74, 6) is -1.06. The van der Waals surface area contributed by atoms with Gasteiger partial charge in [-0.25, -0.2) is 9.79 Å². The van der Waals surface area contributed by atoms with Crippen molar-refractivity contribution in [3.05, 3.63) is 64.2 Å². The van der Waals surface area contributed by atoms with Crippen molar-refractivity contribution in [2.75, 3.05) is 0 Å². The zero-order chi connectivity index (χ0) is 17.5. The number of aliphatic imine (C=N–C) groups is 1. The largest absolute Gasteiger partial charge is 0.507 e. The van der Waals surface area contributed by atoms with E-state index in [0.717, 1.165) is 12.1 Å². The number of rotatable bonds is 2. The molecule has 0 aromatic heterocycles. The molecular weight excluding hydrogens is 347 g/mol. The summed E-state index contributed by atoms with van der Waals surface area (Å²) in [5, 5.41) is 10.1. The molecule has 2 aromatic carbocycles. The molecule has 1 aliphatic rings. The van der Waals surface area contributed by atoms with Crippen LogP contribution < -0.4 is 0 Å².